The molecule has 4 heteroatoms. The first-order chi connectivity index (χ1) is 9.20. The highest BCUT2D eigenvalue weighted by atomic mass is 35.5. The fourth-order valence-electron chi connectivity index (χ4n) is 2.49. The van der Waals surface area contributed by atoms with Crippen molar-refractivity contribution in [2.24, 2.45) is 5.92 Å². The van der Waals surface area contributed by atoms with E-state index in [9.17, 15) is 4.79 Å². The molecule has 0 saturated heterocycles. The van der Waals surface area contributed by atoms with Crippen molar-refractivity contribution < 1.29 is 4.79 Å². The predicted octanol–water partition coefficient (Wildman–Crippen LogP) is 4.12. The Morgan fingerprint density at radius 1 is 1.26 bits per heavy atom. The van der Waals surface area contributed by atoms with Crippen LogP contribution in [0.2, 0.25) is 5.02 Å². The highest BCUT2D eigenvalue weighted by molar-refractivity contribution is 6.31. The van der Waals surface area contributed by atoms with Crippen LogP contribution in [0.4, 0.5) is 5.69 Å². The molecule has 100 valence electrons. The maximum absolute atomic E-state index is 12.2. The molecule has 2 rings (SSSR count). The largest absolute Gasteiger partial charge is 0.325 e. The van der Waals surface area contributed by atoms with Crippen molar-refractivity contribution in [2.45, 2.75) is 38.5 Å². The number of carbonyl (C=O) groups is 1. The van der Waals surface area contributed by atoms with Gasteiger partial charge in [-0.05, 0) is 31.0 Å². The van der Waals surface area contributed by atoms with Gasteiger partial charge in [0.1, 0.15) is 6.07 Å². The summed E-state index contributed by atoms with van der Waals surface area (Å²) in [5.74, 6) is 0.0775. The summed E-state index contributed by atoms with van der Waals surface area (Å²) >= 11 is 5.91. The van der Waals surface area contributed by atoms with E-state index >= 15 is 0 Å². The van der Waals surface area contributed by atoms with Crippen LogP contribution in [0, 0.1) is 17.2 Å². The Kier molecular flexibility index (Phi) is 4.81. The molecule has 1 fully saturated rings. The van der Waals surface area contributed by atoms with E-state index in [4.69, 9.17) is 16.9 Å². The minimum Gasteiger partial charge on any atom is -0.325 e. The van der Waals surface area contributed by atoms with Crippen LogP contribution in [0.3, 0.4) is 0 Å². The molecule has 0 spiro atoms. The highest BCUT2D eigenvalue weighted by Crippen LogP contribution is 2.26. The molecule has 1 aromatic rings. The van der Waals surface area contributed by atoms with Crippen LogP contribution < -0.4 is 5.32 Å². The Balaban J connectivity index is 2.09. The van der Waals surface area contributed by atoms with E-state index in [2.05, 4.69) is 11.4 Å². The van der Waals surface area contributed by atoms with Crippen LogP contribution in [-0.4, -0.2) is 5.91 Å². The number of nitrogens with one attached hydrogen (secondary N) is 1. The molecular formula is C15H17ClN2O. The van der Waals surface area contributed by atoms with Crippen molar-refractivity contribution in [1.29, 1.82) is 5.26 Å². The number of rotatable bonds is 2. The summed E-state index contributed by atoms with van der Waals surface area (Å²) in [5, 5.41) is 12.4. The van der Waals surface area contributed by atoms with Crippen molar-refractivity contribution in [3.8, 4) is 6.07 Å². The summed E-state index contributed by atoms with van der Waals surface area (Å²) in [6, 6.07) is 6.99. The number of benzene rings is 1. The van der Waals surface area contributed by atoms with Gasteiger partial charge >= 0.3 is 0 Å². The molecule has 1 aliphatic carbocycles. The summed E-state index contributed by atoms with van der Waals surface area (Å²) in [4.78, 5) is 12.2. The van der Waals surface area contributed by atoms with Crippen LogP contribution >= 0.6 is 11.6 Å². The van der Waals surface area contributed by atoms with E-state index in [0.717, 1.165) is 25.7 Å². The number of hydrogen-bond acceptors (Lipinski definition) is 2. The standard InChI is InChI=1S/C15H17ClN2O/c16-13-8-7-12(10-17)14(9-13)18-15(19)11-5-3-1-2-4-6-11/h7-9,11H,1-6H2,(H,18,19). The first-order valence-electron chi connectivity index (χ1n) is 6.71. The Hall–Kier alpha value is -1.53. The molecule has 0 bridgehead atoms. The SMILES string of the molecule is N#Cc1ccc(Cl)cc1NC(=O)C1CCCCCC1. The molecule has 0 atom stereocenters. The molecule has 1 amide bonds. The quantitative estimate of drug-likeness (QED) is 0.826. The third-order valence-electron chi connectivity index (χ3n) is 3.59. The lowest BCUT2D eigenvalue weighted by molar-refractivity contribution is -0.120. The molecule has 1 saturated carbocycles. The van der Waals surface area contributed by atoms with Gasteiger partial charge in [-0.2, -0.15) is 5.26 Å². The van der Waals surface area contributed by atoms with E-state index in [-0.39, 0.29) is 11.8 Å². The van der Waals surface area contributed by atoms with E-state index in [1.54, 1.807) is 18.2 Å². The summed E-state index contributed by atoms with van der Waals surface area (Å²) in [5.41, 5.74) is 0.968. The smallest absolute Gasteiger partial charge is 0.227 e. The van der Waals surface area contributed by atoms with Crippen molar-refractivity contribution in [3.63, 3.8) is 0 Å². The maximum Gasteiger partial charge on any atom is 0.227 e. The molecule has 3 nitrogen and oxygen atoms in total. The summed E-state index contributed by atoms with van der Waals surface area (Å²) in [7, 11) is 0. The number of nitriles is 1. The van der Waals surface area contributed by atoms with Crippen LogP contribution in [0.25, 0.3) is 0 Å². The number of hydrogen-bond donors (Lipinski definition) is 1. The Labute approximate surface area is 118 Å². The first-order valence-corrected chi connectivity index (χ1v) is 7.09. The molecule has 19 heavy (non-hydrogen) atoms. The second kappa shape index (κ2) is 6.58. The van der Waals surface area contributed by atoms with Gasteiger partial charge in [-0.15, -0.1) is 0 Å². The Morgan fingerprint density at radius 3 is 2.58 bits per heavy atom. The Bertz CT molecular complexity index is 499. The van der Waals surface area contributed by atoms with Crippen LogP contribution in [0.5, 0.6) is 0 Å². The first kappa shape index (κ1) is 13.9. The number of amides is 1. The number of halogens is 1. The van der Waals surface area contributed by atoms with E-state index < -0.39 is 0 Å². The molecule has 0 unspecified atom stereocenters. The van der Waals surface area contributed by atoms with Crippen molar-refractivity contribution in [1.82, 2.24) is 0 Å². The zero-order valence-electron chi connectivity index (χ0n) is 10.8. The molecular weight excluding hydrogens is 260 g/mol. The molecule has 0 radical (unpaired) electrons. The average molecular weight is 277 g/mol. The second-order valence-electron chi connectivity index (χ2n) is 4.98. The van der Waals surface area contributed by atoms with Crippen LogP contribution in [0.15, 0.2) is 18.2 Å². The van der Waals surface area contributed by atoms with Gasteiger partial charge in [-0.25, -0.2) is 0 Å². The third-order valence-corrected chi connectivity index (χ3v) is 3.82. The van der Waals surface area contributed by atoms with Gasteiger partial charge in [0.15, 0.2) is 0 Å². The van der Waals surface area contributed by atoms with Gasteiger partial charge in [0.25, 0.3) is 0 Å². The molecule has 1 N–H and O–H groups in total. The monoisotopic (exact) mass is 276 g/mol. The lowest BCUT2D eigenvalue weighted by Gasteiger charge is -2.15. The van der Waals surface area contributed by atoms with Crippen molar-refractivity contribution >= 4 is 23.2 Å². The van der Waals surface area contributed by atoms with Crippen LogP contribution in [0.1, 0.15) is 44.1 Å². The second-order valence-corrected chi connectivity index (χ2v) is 5.42. The zero-order chi connectivity index (χ0) is 13.7. The summed E-state index contributed by atoms with van der Waals surface area (Å²) in [6.45, 7) is 0. The highest BCUT2D eigenvalue weighted by Gasteiger charge is 2.20. The molecule has 0 heterocycles. The van der Waals surface area contributed by atoms with Gasteiger partial charge in [0, 0.05) is 10.9 Å². The number of anilines is 1. The minimum atomic E-state index is 0.0145. The fourth-order valence-corrected chi connectivity index (χ4v) is 2.67. The molecule has 0 aliphatic heterocycles. The maximum atomic E-state index is 12.2. The van der Waals surface area contributed by atoms with Gasteiger partial charge in [0.05, 0.1) is 11.3 Å². The zero-order valence-corrected chi connectivity index (χ0v) is 11.5. The van der Waals surface area contributed by atoms with E-state index in [1.807, 2.05) is 0 Å². The average Bonchev–Trinajstić information content (AvgIpc) is 2.68. The molecule has 1 aromatic carbocycles. The van der Waals surface area contributed by atoms with Crippen molar-refractivity contribution in [3.05, 3.63) is 28.8 Å². The van der Waals surface area contributed by atoms with E-state index in [1.165, 1.54) is 12.8 Å². The number of carbonyl (C=O) groups excluding carboxylic acids is 1. The van der Waals surface area contributed by atoms with Gasteiger partial charge in [0.2, 0.25) is 5.91 Å². The van der Waals surface area contributed by atoms with Gasteiger partial charge < -0.3 is 5.32 Å². The van der Waals surface area contributed by atoms with Crippen molar-refractivity contribution in [2.75, 3.05) is 5.32 Å². The Morgan fingerprint density at radius 2 is 1.95 bits per heavy atom. The third kappa shape index (κ3) is 3.71. The summed E-state index contributed by atoms with van der Waals surface area (Å²) < 4.78 is 0. The summed E-state index contributed by atoms with van der Waals surface area (Å²) in [6.07, 6.45) is 6.52. The lowest BCUT2D eigenvalue weighted by atomic mass is 9.99. The molecule has 0 aromatic heterocycles. The van der Waals surface area contributed by atoms with E-state index in [0.29, 0.717) is 16.3 Å². The predicted molar refractivity (Wildman–Crippen MR) is 76.0 cm³/mol. The fraction of sp³-hybridized carbons (Fsp3) is 0.467. The van der Waals surface area contributed by atoms with Crippen LogP contribution in [-0.2, 0) is 4.79 Å². The van der Waals surface area contributed by atoms with Gasteiger partial charge in [-0.1, -0.05) is 37.3 Å². The lowest BCUT2D eigenvalue weighted by Crippen LogP contribution is -2.22. The van der Waals surface area contributed by atoms with Gasteiger partial charge in [-0.3, -0.25) is 4.79 Å². The normalized spacial score (nSPS) is 16.4. The topological polar surface area (TPSA) is 52.9 Å². The molecule has 1 aliphatic rings. The number of nitrogens with zero attached hydrogens (tertiary/aromatic N) is 1. The minimum absolute atomic E-state index is 0.0145.